The molecule has 0 radical (unpaired) electrons. The number of nitrogens with one attached hydrogen (secondary N) is 1. The molecule has 1 N–H and O–H groups in total. The fourth-order valence-electron chi connectivity index (χ4n) is 1.66. The van der Waals surface area contributed by atoms with E-state index in [1.807, 2.05) is 13.1 Å². The molecule has 0 fully saturated rings. The topological polar surface area (TPSA) is 34.1 Å². The van der Waals surface area contributed by atoms with Gasteiger partial charge in [-0.1, -0.05) is 0 Å². The molecule has 0 saturated heterocycles. The van der Waals surface area contributed by atoms with E-state index in [-0.39, 0.29) is 5.54 Å². The van der Waals surface area contributed by atoms with Crippen LogP contribution in [0.2, 0.25) is 0 Å². The SMILES string of the molecule is CCOCC(C)NC(C)(C)c1ncc(C)s1. The molecule has 0 aliphatic heterocycles. The van der Waals surface area contributed by atoms with Gasteiger partial charge in [-0.2, -0.15) is 0 Å². The third kappa shape index (κ3) is 3.85. The van der Waals surface area contributed by atoms with Gasteiger partial charge >= 0.3 is 0 Å². The van der Waals surface area contributed by atoms with Crippen LogP contribution in [0.4, 0.5) is 0 Å². The average molecular weight is 242 g/mol. The molecule has 16 heavy (non-hydrogen) atoms. The molecule has 1 aromatic rings. The highest BCUT2D eigenvalue weighted by Crippen LogP contribution is 2.25. The van der Waals surface area contributed by atoms with Crippen molar-refractivity contribution in [1.82, 2.24) is 10.3 Å². The van der Waals surface area contributed by atoms with E-state index >= 15 is 0 Å². The quantitative estimate of drug-likeness (QED) is 0.833. The lowest BCUT2D eigenvalue weighted by Crippen LogP contribution is -2.44. The Morgan fingerprint density at radius 3 is 2.75 bits per heavy atom. The number of ether oxygens (including phenoxy) is 1. The van der Waals surface area contributed by atoms with E-state index in [9.17, 15) is 0 Å². The molecule has 0 aliphatic rings. The minimum absolute atomic E-state index is 0.0879. The zero-order chi connectivity index (χ0) is 12.2. The van der Waals surface area contributed by atoms with Crippen molar-refractivity contribution in [2.45, 2.75) is 46.2 Å². The van der Waals surface area contributed by atoms with Gasteiger partial charge in [-0.3, -0.25) is 0 Å². The minimum atomic E-state index is -0.0879. The summed E-state index contributed by atoms with van der Waals surface area (Å²) in [6.45, 7) is 12.1. The summed E-state index contributed by atoms with van der Waals surface area (Å²) in [5.41, 5.74) is -0.0879. The Labute approximate surface area is 102 Å². The maximum Gasteiger partial charge on any atom is 0.112 e. The molecule has 3 nitrogen and oxygen atoms in total. The van der Waals surface area contributed by atoms with Crippen LogP contribution in [0.25, 0.3) is 0 Å². The third-order valence-electron chi connectivity index (χ3n) is 2.34. The van der Waals surface area contributed by atoms with E-state index in [4.69, 9.17) is 4.74 Å². The minimum Gasteiger partial charge on any atom is -0.380 e. The Morgan fingerprint density at radius 1 is 1.56 bits per heavy atom. The Hall–Kier alpha value is -0.450. The number of hydrogen-bond donors (Lipinski definition) is 1. The summed E-state index contributed by atoms with van der Waals surface area (Å²) >= 11 is 1.75. The highest BCUT2D eigenvalue weighted by molar-refractivity contribution is 7.11. The van der Waals surface area contributed by atoms with E-state index in [1.165, 1.54) is 4.88 Å². The molecular formula is C12H22N2OS. The molecule has 0 saturated carbocycles. The normalized spacial score (nSPS) is 14.1. The van der Waals surface area contributed by atoms with Gasteiger partial charge in [0.15, 0.2) is 0 Å². The molecule has 0 spiro atoms. The molecule has 1 aromatic heterocycles. The number of aryl methyl sites for hydroxylation is 1. The van der Waals surface area contributed by atoms with Crippen molar-refractivity contribution in [2.24, 2.45) is 0 Å². The van der Waals surface area contributed by atoms with Crippen molar-refractivity contribution in [3.63, 3.8) is 0 Å². The molecule has 4 heteroatoms. The maximum absolute atomic E-state index is 5.40. The first-order chi connectivity index (χ1) is 7.45. The highest BCUT2D eigenvalue weighted by atomic mass is 32.1. The Morgan fingerprint density at radius 2 is 2.25 bits per heavy atom. The fraction of sp³-hybridized carbons (Fsp3) is 0.750. The standard InChI is InChI=1S/C12H22N2OS/c1-6-15-8-9(2)14-12(4,5)11-13-7-10(3)16-11/h7,9,14H,6,8H2,1-5H3. The van der Waals surface area contributed by atoms with Crippen LogP contribution in [0, 0.1) is 6.92 Å². The first-order valence-corrected chi connectivity index (χ1v) is 6.55. The lowest BCUT2D eigenvalue weighted by molar-refractivity contribution is 0.117. The molecule has 1 unspecified atom stereocenters. The van der Waals surface area contributed by atoms with Crippen molar-refractivity contribution in [3.8, 4) is 0 Å². The van der Waals surface area contributed by atoms with Gasteiger partial charge in [0.25, 0.3) is 0 Å². The van der Waals surface area contributed by atoms with E-state index in [1.54, 1.807) is 11.3 Å². The predicted molar refractivity (Wildman–Crippen MR) is 69.0 cm³/mol. The van der Waals surface area contributed by atoms with E-state index in [2.05, 4.69) is 38.0 Å². The van der Waals surface area contributed by atoms with Gasteiger partial charge in [-0.05, 0) is 34.6 Å². The van der Waals surface area contributed by atoms with Crippen molar-refractivity contribution in [3.05, 3.63) is 16.1 Å². The van der Waals surface area contributed by atoms with Crippen LogP contribution in [0.3, 0.4) is 0 Å². The Bertz CT molecular complexity index is 323. The van der Waals surface area contributed by atoms with Crippen LogP contribution >= 0.6 is 11.3 Å². The second kappa shape index (κ2) is 5.75. The summed E-state index contributed by atoms with van der Waals surface area (Å²) in [7, 11) is 0. The summed E-state index contributed by atoms with van der Waals surface area (Å²) in [6.07, 6.45) is 1.93. The number of aromatic nitrogens is 1. The van der Waals surface area contributed by atoms with Gasteiger partial charge in [0.05, 0.1) is 12.1 Å². The van der Waals surface area contributed by atoms with Crippen molar-refractivity contribution in [2.75, 3.05) is 13.2 Å². The van der Waals surface area contributed by atoms with Crippen LogP contribution in [-0.2, 0) is 10.3 Å². The molecule has 0 amide bonds. The molecular weight excluding hydrogens is 220 g/mol. The summed E-state index contributed by atoms with van der Waals surface area (Å²) < 4.78 is 5.40. The van der Waals surface area contributed by atoms with Crippen LogP contribution < -0.4 is 5.32 Å². The molecule has 1 atom stereocenters. The number of rotatable bonds is 6. The molecule has 0 aromatic carbocycles. The van der Waals surface area contributed by atoms with Crippen LogP contribution in [-0.4, -0.2) is 24.2 Å². The molecule has 92 valence electrons. The van der Waals surface area contributed by atoms with Gasteiger partial charge in [0, 0.05) is 23.7 Å². The van der Waals surface area contributed by atoms with Gasteiger partial charge in [-0.25, -0.2) is 4.98 Å². The van der Waals surface area contributed by atoms with Crippen LogP contribution in [0.5, 0.6) is 0 Å². The van der Waals surface area contributed by atoms with Crippen LogP contribution in [0.15, 0.2) is 6.20 Å². The average Bonchev–Trinajstić information content (AvgIpc) is 2.62. The Balaban J connectivity index is 2.57. The lowest BCUT2D eigenvalue weighted by atomic mass is 10.1. The summed E-state index contributed by atoms with van der Waals surface area (Å²) in [5.74, 6) is 0. The Kier molecular flexibility index (Phi) is 4.89. The van der Waals surface area contributed by atoms with Gasteiger partial charge in [-0.15, -0.1) is 11.3 Å². The highest BCUT2D eigenvalue weighted by Gasteiger charge is 2.25. The van der Waals surface area contributed by atoms with Crippen molar-refractivity contribution in [1.29, 1.82) is 0 Å². The molecule has 1 rings (SSSR count). The van der Waals surface area contributed by atoms with Crippen molar-refractivity contribution < 1.29 is 4.74 Å². The second-order valence-electron chi connectivity index (χ2n) is 4.61. The molecule has 0 aliphatic carbocycles. The summed E-state index contributed by atoms with van der Waals surface area (Å²) in [4.78, 5) is 5.69. The number of hydrogen-bond acceptors (Lipinski definition) is 4. The summed E-state index contributed by atoms with van der Waals surface area (Å²) in [6, 6.07) is 0.333. The summed E-state index contributed by atoms with van der Waals surface area (Å²) in [5, 5.41) is 4.68. The van der Waals surface area contributed by atoms with Crippen LogP contribution in [0.1, 0.15) is 37.6 Å². The number of nitrogens with zero attached hydrogens (tertiary/aromatic N) is 1. The maximum atomic E-state index is 5.40. The van der Waals surface area contributed by atoms with Gasteiger partial charge < -0.3 is 10.1 Å². The van der Waals surface area contributed by atoms with Crippen molar-refractivity contribution >= 4 is 11.3 Å². The smallest absolute Gasteiger partial charge is 0.112 e. The van der Waals surface area contributed by atoms with E-state index in [0.29, 0.717) is 6.04 Å². The van der Waals surface area contributed by atoms with E-state index < -0.39 is 0 Å². The zero-order valence-electron chi connectivity index (χ0n) is 10.8. The van der Waals surface area contributed by atoms with E-state index in [0.717, 1.165) is 18.2 Å². The van der Waals surface area contributed by atoms with Gasteiger partial charge in [0.1, 0.15) is 5.01 Å². The first-order valence-electron chi connectivity index (χ1n) is 5.74. The molecule has 1 heterocycles. The third-order valence-corrected chi connectivity index (χ3v) is 3.57. The molecule has 0 bridgehead atoms. The number of thiazole rings is 1. The monoisotopic (exact) mass is 242 g/mol. The van der Waals surface area contributed by atoms with Gasteiger partial charge in [0.2, 0.25) is 0 Å². The predicted octanol–water partition coefficient (Wildman–Crippen LogP) is 2.70. The lowest BCUT2D eigenvalue weighted by Gasteiger charge is -2.28. The largest absolute Gasteiger partial charge is 0.380 e. The first kappa shape index (κ1) is 13.6. The fourth-order valence-corrected chi connectivity index (χ4v) is 2.49. The zero-order valence-corrected chi connectivity index (χ0v) is 11.6. The second-order valence-corrected chi connectivity index (χ2v) is 5.84.